The first kappa shape index (κ1) is 24.7. The maximum Gasteiger partial charge on any atom is 0.226 e. The molecule has 0 saturated carbocycles. The van der Waals surface area contributed by atoms with E-state index in [1.807, 2.05) is 52.8 Å². The summed E-state index contributed by atoms with van der Waals surface area (Å²) in [5, 5.41) is 7.20. The zero-order chi connectivity index (χ0) is 23.0. The molecule has 1 amide bonds. The normalized spacial score (nSPS) is 12.6. The predicted molar refractivity (Wildman–Crippen MR) is 120 cm³/mol. The van der Waals surface area contributed by atoms with Gasteiger partial charge >= 0.3 is 0 Å². The highest BCUT2D eigenvalue weighted by Crippen LogP contribution is 2.33. The molecule has 0 fully saturated rings. The summed E-state index contributed by atoms with van der Waals surface area (Å²) in [6, 6.07) is 5.75. The largest absolute Gasteiger partial charge is 0.490 e. The minimum Gasteiger partial charge on any atom is -0.490 e. The van der Waals surface area contributed by atoms with Crippen molar-refractivity contribution in [1.82, 2.24) is 15.5 Å². The number of benzene rings is 1. The molecule has 31 heavy (non-hydrogen) atoms. The van der Waals surface area contributed by atoms with Crippen LogP contribution in [0.3, 0.4) is 0 Å². The zero-order valence-corrected chi connectivity index (χ0v) is 19.9. The molecule has 1 N–H and O–H groups in total. The van der Waals surface area contributed by atoms with Crippen LogP contribution in [0.15, 0.2) is 22.7 Å². The van der Waals surface area contributed by atoms with Gasteiger partial charge in [0.15, 0.2) is 17.3 Å². The summed E-state index contributed by atoms with van der Waals surface area (Å²) in [6.45, 7) is 15.3. The van der Waals surface area contributed by atoms with E-state index in [-0.39, 0.29) is 23.3 Å². The number of aryl methyl sites for hydroxylation is 1. The van der Waals surface area contributed by atoms with Gasteiger partial charge in [-0.05, 0) is 43.9 Å². The lowest BCUT2D eigenvalue weighted by molar-refractivity contribution is -0.122. The summed E-state index contributed by atoms with van der Waals surface area (Å²) in [4.78, 5) is 17.1. The van der Waals surface area contributed by atoms with Crippen molar-refractivity contribution in [2.75, 3.05) is 13.2 Å². The molecule has 172 valence electrons. The number of nitrogens with zero attached hydrogens (tertiary/aromatic N) is 2. The third-order valence-electron chi connectivity index (χ3n) is 4.84. The number of hydrogen-bond donors (Lipinski definition) is 1. The van der Waals surface area contributed by atoms with Crippen molar-refractivity contribution >= 4 is 5.91 Å². The van der Waals surface area contributed by atoms with Crippen LogP contribution >= 0.6 is 0 Å². The van der Waals surface area contributed by atoms with Gasteiger partial charge in [0.25, 0.3) is 0 Å². The van der Waals surface area contributed by atoms with E-state index in [0.29, 0.717) is 49.9 Å². The van der Waals surface area contributed by atoms with Crippen LogP contribution in [0, 0.1) is 5.92 Å². The van der Waals surface area contributed by atoms with Crippen molar-refractivity contribution in [2.24, 2.45) is 5.92 Å². The fourth-order valence-electron chi connectivity index (χ4n) is 3.20. The molecule has 1 heterocycles. The van der Waals surface area contributed by atoms with Crippen molar-refractivity contribution in [1.29, 1.82) is 0 Å². The van der Waals surface area contributed by atoms with Crippen molar-refractivity contribution in [3.05, 3.63) is 35.5 Å². The van der Waals surface area contributed by atoms with Gasteiger partial charge in [-0.1, -0.05) is 45.8 Å². The highest BCUT2D eigenvalue weighted by Gasteiger charge is 2.22. The number of nitrogens with one attached hydrogen (secondary N) is 1. The molecule has 0 radical (unpaired) electrons. The number of rotatable bonds is 11. The lowest BCUT2D eigenvalue weighted by atomic mass is 9.95. The Bertz CT molecular complexity index is 840. The number of carbonyl (C=O) groups is 1. The van der Waals surface area contributed by atoms with E-state index in [4.69, 9.17) is 14.0 Å². The van der Waals surface area contributed by atoms with Gasteiger partial charge in [0, 0.05) is 18.3 Å². The van der Waals surface area contributed by atoms with Crippen LogP contribution in [-0.2, 0) is 16.6 Å². The quantitative estimate of drug-likeness (QED) is 0.539. The molecule has 1 aromatic heterocycles. The average molecular weight is 432 g/mol. The monoisotopic (exact) mass is 431 g/mol. The van der Waals surface area contributed by atoms with Crippen molar-refractivity contribution < 1.29 is 18.8 Å². The minimum atomic E-state index is -0.151. The molecule has 0 saturated heterocycles. The molecular formula is C24H37N3O4. The topological polar surface area (TPSA) is 86.5 Å². The molecule has 0 aliphatic rings. The fraction of sp³-hybridized carbons (Fsp3) is 0.625. The van der Waals surface area contributed by atoms with Gasteiger partial charge in [-0.3, -0.25) is 4.79 Å². The van der Waals surface area contributed by atoms with Crippen molar-refractivity contribution in [3.8, 4) is 11.5 Å². The third kappa shape index (κ3) is 7.26. The van der Waals surface area contributed by atoms with Crippen LogP contribution in [0.1, 0.15) is 84.6 Å². The van der Waals surface area contributed by atoms with Gasteiger partial charge in [-0.15, -0.1) is 0 Å². The standard InChI is InChI=1S/C24H37N3O4/c1-8-29-18-14-13-17(15-19(18)30-9-2)22(16(3)4)25-20(28)11-10-12-21-26-23(27-31-21)24(5,6)7/h13-16,22H,8-12H2,1-7H3,(H,25,28). The Hall–Kier alpha value is -2.57. The van der Waals surface area contributed by atoms with Crippen molar-refractivity contribution in [3.63, 3.8) is 0 Å². The lowest BCUT2D eigenvalue weighted by Gasteiger charge is -2.24. The van der Waals surface area contributed by atoms with Crippen LogP contribution < -0.4 is 14.8 Å². The Balaban J connectivity index is 1.99. The molecule has 0 aliphatic carbocycles. The van der Waals surface area contributed by atoms with Gasteiger partial charge in [0.1, 0.15) is 0 Å². The van der Waals surface area contributed by atoms with Gasteiger partial charge < -0.3 is 19.3 Å². The molecule has 7 heteroatoms. The van der Waals surface area contributed by atoms with E-state index < -0.39 is 0 Å². The Morgan fingerprint density at radius 2 is 1.81 bits per heavy atom. The Morgan fingerprint density at radius 3 is 2.39 bits per heavy atom. The summed E-state index contributed by atoms with van der Waals surface area (Å²) in [5.74, 6) is 2.91. The second-order valence-corrected chi connectivity index (χ2v) is 8.98. The smallest absolute Gasteiger partial charge is 0.226 e. The van der Waals surface area contributed by atoms with E-state index >= 15 is 0 Å². The van der Waals surface area contributed by atoms with Gasteiger partial charge in [0.05, 0.1) is 19.3 Å². The number of carbonyl (C=O) groups excluding carboxylic acids is 1. The molecule has 0 spiro atoms. The summed E-state index contributed by atoms with van der Waals surface area (Å²) in [6.07, 6.45) is 1.63. The number of hydrogen-bond acceptors (Lipinski definition) is 6. The number of amides is 1. The van der Waals surface area contributed by atoms with E-state index in [1.54, 1.807) is 0 Å². The fourth-order valence-corrected chi connectivity index (χ4v) is 3.20. The molecule has 2 aromatic rings. The van der Waals surface area contributed by atoms with Gasteiger partial charge in [-0.2, -0.15) is 4.98 Å². The molecule has 7 nitrogen and oxygen atoms in total. The maximum atomic E-state index is 12.6. The second kappa shape index (κ2) is 11.2. The van der Waals surface area contributed by atoms with Gasteiger partial charge in [-0.25, -0.2) is 0 Å². The summed E-state index contributed by atoms with van der Waals surface area (Å²) in [5.41, 5.74) is 0.851. The van der Waals surface area contributed by atoms with Crippen LogP contribution in [0.5, 0.6) is 11.5 Å². The highest BCUT2D eigenvalue weighted by molar-refractivity contribution is 5.76. The zero-order valence-electron chi connectivity index (χ0n) is 19.9. The second-order valence-electron chi connectivity index (χ2n) is 8.98. The van der Waals surface area contributed by atoms with E-state index in [1.165, 1.54) is 0 Å². The lowest BCUT2D eigenvalue weighted by Crippen LogP contribution is -2.31. The Labute approximate surface area is 185 Å². The molecular weight excluding hydrogens is 394 g/mol. The Morgan fingerprint density at radius 1 is 1.13 bits per heavy atom. The minimum absolute atomic E-state index is 0.00102. The molecule has 1 unspecified atom stereocenters. The van der Waals surface area contributed by atoms with Crippen molar-refractivity contribution in [2.45, 2.75) is 79.2 Å². The summed E-state index contributed by atoms with van der Waals surface area (Å²) in [7, 11) is 0. The highest BCUT2D eigenvalue weighted by atomic mass is 16.5. The van der Waals surface area contributed by atoms with Crippen LogP contribution in [0.25, 0.3) is 0 Å². The average Bonchev–Trinajstić information content (AvgIpc) is 3.17. The first-order valence-corrected chi connectivity index (χ1v) is 11.2. The first-order chi connectivity index (χ1) is 14.7. The molecule has 0 aliphatic heterocycles. The third-order valence-corrected chi connectivity index (χ3v) is 4.84. The number of aromatic nitrogens is 2. The summed E-state index contributed by atoms with van der Waals surface area (Å²) < 4.78 is 16.7. The molecule has 0 bridgehead atoms. The Kier molecular flexibility index (Phi) is 8.89. The molecule has 2 rings (SSSR count). The van der Waals surface area contributed by atoms with E-state index in [9.17, 15) is 4.79 Å². The predicted octanol–water partition coefficient (Wildman–Crippen LogP) is 5.00. The first-order valence-electron chi connectivity index (χ1n) is 11.2. The van der Waals surface area contributed by atoms with Crippen LogP contribution in [0.4, 0.5) is 0 Å². The van der Waals surface area contributed by atoms with Crippen LogP contribution in [-0.4, -0.2) is 29.3 Å². The van der Waals surface area contributed by atoms with Crippen LogP contribution in [0.2, 0.25) is 0 Å². The molecule has 1 atom stereocenters. The van der Waals surface area contributed by atoms with Gasteiger partial charge in [0.2, 0.25) is 11.8 Å². The SMILES string of the molecule is CCOc1ccc(C(NC(=O)CCCc2nc(C(C)(C)C)no2)C(C)C)cc1OCC. The van der Waals surface area contributed by atoms with E-state index in [2.05, 4.69) is 29.3 Å². The number of ether oxygens (including phenoxy) is 2. The van der Waals surface area contributed by atoms with E-state index in [0.717, 1.165) is 11.3 Å². The maximum absolute atomic E-state index is 12.6. The molecule has 1 aromatic carbocycles. The summed E-state index contributed by atoms with van der Waals surface area (Å²) >= 11 is 0.